The number of Topliss-reactive ketones (excluding diaryl/α,β-unsaturated/α-hetero) is 1. The number of pyridine rings is 2. The van der Waals surface area contributed by atoms with Crippen molar-refractivity contribution in [1.29, 1.82) is 0 Å². The van der Waals surface area contributed by atoms with Crippen LogP contribution < -0.4 is 0 Å². The van der Waals surface area contributed by atoms with E-state index in [9.17, 15) is 4.79 Å². The highest BCUT2D eigenvalue weighted by Crippen LogP contribution is 2.44. The molecule has 0 unspecified atom stereocenters. The van der Waals surface area contributed by atoms with Gasteiger partial charge < -0.3 is 4.74 Å². The first-order valence-corrected chi connectivity index (χ1v) is 14.8. The summed E-state index contributed by atoms with van der Waals surface area (Å²) in [6.45, 7) is 9.49. The third-order valence-electron chi connectivity index (χ3n) is 7.07. The van der Waals surface area contributed by atoms with Gasteiger partial charge in [-0.3, -0.25) is 19.4 Å². The Bertz CT molecular complexity index is 1970. The molecular formula is C33H30ClN5O2S. The van der Waals surface area contributed by atoms with Crippen LogP contribution in [0.25, 0.3) is 54.2 Å². The Morgan fingerprint density at radius 2 is 1.74 bits per heavy atom. The lowest BCUT2D eigenvalue weighted by Gasteiger charge is -2.29. The molecule has 4 aromatic heterocycles. The Morgan fingerprint density at radius 1 is 0.976 bits per heavy atom. The van der Waals surface area contributed by atoms with Crippen LogP contribution in [0.5, 0.6) is 0 Å². The summed E-state index contributed by atoms with van der Waals surface area (Å²) in [6.07, 6.45) is 4.64. The summed E-state index contributed by atoms with van der Waals surface area (Å²) < 4.78 is 9.16. The Hall–Kier alpha value is -3.98. The number of thiazole rings is 1. The molecule has 9 heteroatoms. The van der Waals surface area contributed by atoms with Crippen LogP contribution in [0.1, 0.15) is 44.9 Å². The van der Waals surface area contributed by atoms with Gasteiger partial charge in [0.2, 0.25) is 0 Å². The number of hydrogen-bond donors (Lipinski definition) is 0. The van der Waals surface area contributed by atoms with Gasteiger partial charge in [-0.15, -0.1) is 11.3 Å². The van der Waals surface area contributed by atoms with Crippen molar-refractivity contribution in [2.45, 2.75) is 46.3 Å². The number of nitrogens with zero attached hydrogens (tertiary/aromatic N) is 5. The van der Waals surface area contributed by atoms with Gasteiger partial charge in [-0.05, 0) is 82.1 Å². The van der Waals surface area contributed by atoms with Crippen molar-refractivity contribution in [3.63, 3.8) is 0 Å². The van der Waals surface area contributed by atoms with Gasteiger partial charge in [-0.1, -0.05) is 23.7 Å². The number of carbonyl (C=O) groups excluding carboxylic acids is 1. The zero-order chi connectivity index (χ0) is 29.8. The van der Waals surface area contributed by atoms with E-state index in [-0.39, 0.29) is 5.78 Å². The number of hydrogen-bond acceptors (Lipinski definition) is 7. The molecule has 0 amide bonds. The molecule has 0 fully saturated rings. The van der Waals surface area contributed by atoms with Crippen molar-refractivity contribution in [3.8, 4) is 33.0 Å². The molecule has 6 aromatic rings. The summed E-state index contributed by atoms with van der Waals surface area (Å²) in [5.74, 6) is -0.0508. The average molecular weight is 596 g/mol. The number of aryl methyl sites for hydroxylation is 2. The summed E-state index contributed by atoms with van der Waals surface area (Å²) in [4.78, 5) is 27.3. The van der Waals surface area contributed by atoms with Crippen LogP contribution in [0.15, 0.2) is 67.1 Å². The van der Waals surface area contributed by atoms with Gasteiger partial charge in [-0.25, -0.2) is 4.98 Å². The second-order valence-corrected chi connectivity index (χ2v) is 12.8. The predicted molar refractivity (Wildman–Crippen MR) is 170 cm³/mol. The minimum absolute atomic E-state index is 0.0508. The molecule has 2 aromatic carbocycles. The molecule has 0 radical (unpaired) electrons. The van der Waals surface area contributed by atoms with Gasteiger partial charge in [-0.2, -0.15) is 5.10 Å². The van der Waals surface area contributed by atoms with E-state index in [0.29, 0.717) is 5.02 Å². The second kappa shape index (κ2) is 10.7. The van der Waals surface area contributed by atoms with Crippen LogP contribution in [0.2, 0.25) is 5.02 Å². The molecule has 0 N–H and O–H groups in total. The number of ketones is 1. The summed E-state index contributed by atoms with van der Waals surface area (Å²) in [6, 6.07) is 15.8. The van der Waals surface area contributed by atoms with Crippen molar-refractivity contribution in [3.05, 3.63) is 83.3 Å². The molecule has 0 saturated carbocycles. The first-order chi connectivity index (χ1) is 20.0. The van der Waals surface area contributed by atoms with Crippen molar-refractivity contribution in [2.75, 3.05) is 0 Å². The lowest BCUT2D eigenvalue weighted by atomic mass is 9.90. The fraction of sp³-hybridized carbons (Fsp3) is 0.242. The predicted octanol–water partition coefficient (Wildman–Crippen LogP) is 8.38. The summed E-state index contributed by atoms with van der Waals surface area (Å²) in [7, 11) is 1.90. The van der Waals surface area contributed by atoms with Crippen molar-refractivity contribution >= 4 is 50.0 Å². The van der Waals surface area contributed by atoms with Crippen LogP contribution in [0.4, 0.5) is 0 Å². The number of aromatic nitrogens is 5. The van der Waals surface area contributed by atoms with E-state index in [4.69, 9.17) is 21.3 Å². The molecule has 0 aliphatic carbocycles. The average Bonchev–Trinajstić information content (AvgIpc) is 3.54. The highest BCUT2D eigenvalue weighted by atomic mass is 35.5. The fourth-order valence-corrected chi connectivity index (χ4v) is 6.41. The van der Waals surface area contributed by atoms with Crippen LogP contribution in [-0.2, 0) is 16.6 Å². The SMILES string of the molecule is CC(=O)[C@@H](OC(C)(C)C)c1c(C)cc2nc(-c3ccnc(-c4cnc5cnn(C)c5c4)c3)sc2c1-c1ccc(Cl)cc1. The zero-order valence-corrected chi connectivity index (χ0v) is 25.8. The molecule has 6 rings (SSSR count). The van der Waals surface area contributed by atoms with Gasteiger partial charge in [0.15, 0.2) is 5.78 Å². The maximum atomic E-state index is 13.1. The highest BCUT2D eigenvalue weighted by molar-refractivity contribution is 7.22. The first-order valence-electron chi connectivity index (χ1n) is 13.6. The summed E-state index contributed by atoms with van der Waals surface area (Å²) >= 11 is 7.86. The number of ether oxygens (including phenoxy) is 1. The second-order valence-electron chi connectivity index (χ2n) is 11.4. The van der Waals surface area contributed by atoms with Gasteiger partial charge in [0.25, 0.3) is 0 Å². The lowest BCUT2D eigenvalue weighted by molar-refractivity contribution is -0.138. The van der Waals surface area contributed by atoms with Crippen molar-refractivity contribution in [2.24, 2.45) is 7.05 Å². The fourth-order valence-electron chi connectivity index (χ4n) is 5.16. The Balaban J connectivity index is 1.53. The van der Waals surface area contributed by atoms with Gasteiger partial charge in [0.1, 0.15) is 16.6 Å². The molecule has 0 saturated heterocycles. The monoisotopic (exact) mass is 595 g/mol. The van der Waals surface area contributed by atoms with Gasteiger partial charge in [0.05, 0.1) is 33.2 Å². The van der Waals surface area contributed by atoms with E-state index in [1.807, 2.05) is 89.5 Å². The maximum absolute atomic E-state index is 13.1. The van der Waals surface area contributed by atoms with E-state index >= 15 is 0 Å². The Kier molecular flexibility index (Phi) is 7.17. The highest BCUT2D eigenvalue weighted by Gasteiger charge is 2.30. The number of halogens is 1. The molecule has 4 heterocycles. The van der Waals surface area contributed by atoms with Crippen LogP contribution in [0.3, 0.4) is 0 Å². The molecule has 212 valence electrons. The molecule has 1 atom stereocenters. The Morgan fingerprint density at radius 3 is 2.45 bits per heavy atom. The van der Waals surface area contributed by atoms with E-state index in [1.165, 1.54) is 0 Å². The standard InChI is InChI=1S/C33H30ClN5O2S/c1-18-13-25-31(29(20-7-9-23(34)10-8-20)28(18)30(19(2)40)41-33(3,4)5)42-32(38-25)21-11-12-35-24(14-21)22-15-27-26(36-16-22)17-37-39(27)6/h7-17,30H,1-6H3/t30-/m1/s1. The van der Waals surface area contributed by atoms with E-state index in [0.717, 1.165) is 65.3 Å². The van der Waals surface area contributed by atoms with Gasteiger partial charge in [0, 0.05) is 46.7 Å². The minimum atomic E-state index is -0.729. The van der Waals surface area contributed by atoms with E-state index in [2.05, 4.69) is 15.1 Å². The Labute approximate surface area is 253 Å². The van der Waals surface area contributed by atoms with Gasteiger partial charge >= 0.3 is 0 Å². The van der Waals surface area contributed by atoms with Crippen LogP contribution in [0, 0.1) is 6.92 Å². The molecular weight excluding hydrogens is 566 g/mol. The minimum Gasteiger partial charge on any atom is -0.360 e. The first kappa shape index (κ1) is 28.2. The number of benzene rings is 2. The smallest absolute Gasteiger partial charge is 0.163 e. The van der Waals surface area contributed by atoms with E-state index < -0.39 is 11.7 Å². The topological polar surface area (TPSA) is 82.8 Å². The molecule has 7 nitrogen and oxygen atoms in total. The number of carbonyl (C=O) groups is 1. The van der Waals surface area contributed by atoms with Crippen molar-refractivity contribution in [1.82, 2.24) is 24.7 Å². The lowest BCUT2D eigenvalue weighted by Crippen LogP contribution is -2.27. The maximum Gasteiger partial charge on any atom is 0.163 e. The quantitative estimate of drug-likeness (QED) is 0.192. The van der Waals surface area contributed by atoms with Crippen LogP contribution >= 0.6 is 22.9 Å². The zero-order valence-electron chi connectivity index (χ0n) is 24.3. The summed E-state index contributed by atoms with van der Waals surface area (Å²) in [5, 5.41) is 5.80. The largest absolute Gasteiger partial charge is 0.360 e. The van der Waals surface area contributed by atoms with Crippen LogP contribution in [-0.4, -0.2) is 36.1 Å². The normalized spacial score (nSPS) is 12.7. The molecule has 0 bridgehead atoms. The van der Waals surface area contributed by atoms with E-state index in [1.54, 1.807) is 35.3 Å². The van der Waals surface area contributed by atoms with Crippen molar-refractivity contribution < 1.29 is 9.53 Å². The third kappa shape index (κ3) is 5.33. The molecule has 0 spiro atoms. The summed E-state index contributed by atoms with van der Waals surface area (Å²) in [5.41, 5.74) is 8.45. The number of rotatable bonds is 6. The molecule has 0 aliphatic heterocycles. The number of fused-ring (bicyclic) bond motifs is 2. The molecule has 42 heavy (non-hydrogen) atoms. The molecule has 0 aliphatic rings. The third-order valence-corrected chi connectivity index (χ3v) is 8.46.